The molecule has 2 aromatic heterocycles. The quantitative estimate of drug-likeness (QED) is 0.486. The molecule has 172 valence electrons. The van der Waals surface area contributed by atoms with E-state index in [1.165, 1.54) is 4.57 Å². The highest BCUT2D eigenvalue weighted by molar-refractivity contribution is 5.89. The molecule has 0 bridgehead atoms. The number of rotatable bonds is 10. The van der Waals surface area contributed by atoms with Gasteiger partial charge in [0.2, 0.25) is 0 Å². The summed E-state index contributed by atoms with van der Waals surface area (Å²) in [5, 5.41) is 0. The van der Waals surface area contributed by atoms with Crippen molar-refractivity contribution in [3.8, 4) is 0 Å². The maximum atomic E-state index is 12.6. The van der Waals surface area contributed by atoms with Crippen molar-refractivity contribution in [1.82, 2.24) is 19.1 Å². The first-order valence-corrected chi connectivity index (χ1v) is 11.2. The van der Waals surface area contributed by atoms with Crippen molar-refractivity contribution in [1.29, 1.82) is 0 Å². The summed E-state index contributed by atoms with van der Waals surface area (Å²) in [5.74, 6) is -0.0416. The third-order valence-corrected chi connectivity index (χ3v) is 5.58. The van der Waals surface area contributed by atoms with E-state index in [1.54, 1.807) is 16.7 Å². The number of esters is 1. The fourth-order valence-corrected chi connectivity index (χ4v) is 3.80. The molecule has 0 aliphatic carbocycles. The summed E-state index contributed by atoms with van der Waals surface area (Å²) in [6, 6.07) is 7.28. The number of anilines is 1. The molecule has 0 atom stereocenters. The molecule has 32 heavy (non-hydrogen) atoms. The Morgan fingerprint density at radius 3 is 2.34 bits per heavy atom. The number of benzene rings is 1. The SMILES string of the molecule is CCCCn1c(=O)[nH]c(=O)c2c1nc(COC(=O)c1ccc(N(CC)CC)cc1)n2CC. The minimum Gasteiger partial charge on any atom is -0.454 e. The van der Waals surface area contributed by atoms with Gasteiger partial charge in [-0.1, -0.05) is 13.3 Å². The van der Waals surface area contributed by atoms with Gasteiger partial charge in [-0.2, -0.15) is 0 Å². The van der Waals surface area contributed by atoms with E-state index in [0.29, 0.717) is 35.6 Å². The number of nitrogens with zero attached hydrogens (tertiary/aromatic N) is 4. The first-order chi connectivity index (χ1) is 15.4. The van der Waals surface area contributed by atoms with Crippen molar-refractivity contribution in [2.75, 3.05) is 18.0 Å². The van der Waals surface area contributed by atoms with Crippen LogP contribution in [0.15, 0.2) is 33.9 Å². The molecule has 1 N–H and O–H groups in total. The zero-order valence-electron chi connectivity index (χ0n) is 19.2. The summed E-state index contributed by atoms with van der Waals surface area (Å²) < 4.78 is 8.66. The molecular weight excluding hydrogens is 410 g/mol. The van der Waals surface area contributed by atoms with Crippen molar-refractivity contribution in [2.24, 2.45) is 0 Å². The number of aryl methyl sites for hydroxylation is 2. The molecule has 0 fully saturated rings. The minimum absolute atomic E-state index is 0.0967. The molecule has 0 aliphatic heterocycles. The summed E-state index contributed by atoms with van der Waals surface area (Å²) in [7, 11) is 0. The van der Waals surface area contributed by atoms with Crippen molar-refractivity contribution >= 4 is 22.8 Å². The van der Waals surface area contributed by atoms with Crippen LogP contribution >= 0.6 is 0 Å². The molecule has 1 aromatic carbocycles. The Morgan fingerprint density at radius 1 is 1.06 bits per heavy atom. The Morgan fingerprint density at radius 2 is 1.75 bits per heavy atom. The maximum Gasteiger partial charge on any atom is 0.338 e. The number of aromatic nitrogens is 4. The summed E-state index contributed by atoms with van der Waals surface area (Å²) >= 11 is 0. The second-order valence-electron chi connectivity index (χ2n) is 7.50. The van der Waals surface area contributed by atoms with E-state index >= 15 is 0 Å². The number of carbonyl (C=O) groups excluding carboxylic acids is 1. The van der Waals surface area contributed by atoms with E-state index in [-0.39, 0.29) is 6.61 Å². The number of imidazole rings is 1. The van der Waals surface area contributed by atoms with Crippen LogP contribution in [0.4, 0.5) is 5.69 Å². The summed E-state index contributed by atoms with van der Waals surface area (Å²) in [5.41, 5.74) is 1.16. The van der Waals surface area contributed by atoms with Gasteiger partial charge in [-0.3, -0.25) is 14.3 Å². The van der Waals surface area contributed by atoms with Crippen molar-refractivity contribution in [3.05, 3.63) is 56.5 Å². The van der Waals surface area contributed by atoms with Crippen LogP contribution in [0.2, 0.25) is 0 Å². The molecule has 9 nitrogen and oxygen atoms in total. The molecule has 0 amide bonds. The van der Waals surface area contributed by atoms with E-state index in [0.717, 1.165) is 31.6 Å². The van der Waals surface area contributed by atoms with Gasteiger partial charge in [0.05, 0.1) is 5.56 Å². The zero-order chi connectivity index (χ0) is 23.3. The number of nitrogens with one attached hydrogen (secondary N) is 1. The predicted molar refractivity (Wildman–Crippen MR) is 124 cm³/mol. The lowest BCUT2D eigenvalue weighted by atomic mass is 10.2. The highest BCUT2D eigenvalue weighted by Gasteiger charge is 2.19. The van der Waals surface area contributed by atoms with Crippen LogP contribution in [0.1, 0.15) is 56.7 Å². The zero-order valence-corrected chi connectivity index (χ0v) is 19.2. The number of ether oxygens (including phenoxy) is 1. The van der Waals surface area contributed by atoms with Crippen LogP contribution in [0.25, 0.3) is 11.2 Å². The highest BCUT2D eigenvalue weighted by atomic mass is 16.5. The average Bonchev–Trinajstić information content (AvgIpc) is 3.17. The Balaban J connectivity index is 1.86. The predicted octanol–water partition coefficient (Wildman–Crippen LogP) is 2.91. The van der Waals surface area contributed by atoms with Crippen molar-refractivity contribution in [2.45, 2.75) is 60.2 Å². The molecule has 0 aliphatic rings. The lowest BCUT2D eigenvalue weighted by Gasteiger charge is -2.20. The number of hydrogen-bond acceptors (Lipinski definition) is 6. The van der Waals surface area contributed by atoms with E-state index in [1.807, 2.05) is 26.0 Å². The Bertz CT molecular complexity index is 1190. The number of fused-ring (bicyclic) bond motifs is 1. The van der Waals surface area contributed by atoms with Crippen LogP contribution in [0.3, 0.4) is 0 Å². The number of unbranched alkanes of at least 4 members (excludes halogenated alkanes) is 1. The van der Waals surface area contributed by atoms with Gasteiger partial charge < -0.3 is 14.2 Å². The first-order valence-electron chi connectivity index (χ1n) is 11.2. The second-order valence-corrected chi connectivity index (χ2v) is 7.50. The van der Waals surface area contributed by atoms with Gasteiger partial charge in [-0.05, 0) is 51.5 Å². The normalized spacial score (nSPS) is 11.1. The third-order valence-electron chi connectivity index (χ3n) is 5.58. The van der Waals surface area contributed by atoms with E-state index in [9.17, 15) is 14.4 Å². The molecule has 0 saturated heterocycles. The average molecular weight is 442 g/mol. The Kier molecular flexibility index (Phi) is 7.50. The molecule has 3 aromatic rings. The first kappa shape index (κ1) is 23.3. The number of aromatic amines is 1. The Hall–Kier alpha value is -3.36. The third kappa shape index (κ3) is 4.61. The van der Waals surface area contributed by atoms with Gasteiger partial charge in [-0.15, -0.1) is 0 Å². The van der Waals surface area contributed by atoms with Crippen LogP contribution < -0.4 is 16.1 Å². The van der Waals surface area contributed by atoms with Gasteiger partial charge in [0.15, 0.2) is 11.2 Å². The van der Waals surface area contributed by atoms with Crippen molar-refractivity contribution < 1.29 is 9.53 Å². The lowest BCUT2D eigenvalue weighted by molar-refractivity contribution is 0.0458. The van der Waals surface area contributed by atoms with Gasteiger partial charge in [0, 0.05) is 31.9 Å². The van der Waals surface area contributed by atoms with Gasteiger partial charge in [0.25, 0.3) is 5.56 Å². The standard InChI is InChI=1S/C23H31N5O4/c1-5-9-14-28-20-19(21(29)25-23(28)31)27(8-4)18(24-20)15-32-22(30)16-10-12-17(13-11-16)26(6-2)7-3/h10-13H,5-9,14-15H2,1-4H3,(H,25,29,31). The van der Waals surface area contributed by atoms with Crippen LogP contribution in [-0.4, -0.2) is 38.2 Å². The molecule has 2 heterocycles. The topological polar surface area (TPSA) is 102 Å². The summed E-state index contributed by atoms with van der Waals surface area (Å²) in [6.45, 7) is 10.7. The maximum absolute atomic E-state index is 12.6. The monoisotopic (exact) mass is 441 g/mol. The van der Waals surface area contributed by atoms with Gasteiger partial charge in [0.1, 0.15) is 12.4 Å². The number of H-pyrrole nitrogens is 1. The minimum atomic E-state index is -0.489. The smallest absolute Gasteiger partial charge is 0.338 e. The van der Waals surface area contributed by atoms with Crippen LogP contribution in [0, 0.1) is 0 Å². The fraction of sp³-hybridized carbons (Fsp3) is 0.478. The molecule has 0 saturated carbocycles. The molecule has 0 spiro atoms. The molecule has 9 heteroatoms. The Labute approximate surface area is 186 Å². The number of hydrogen-bond donors (Lipinski definition) is 1. The molecule has 0 unspecified atom stereocenters. The van der Waals surface area contributed by atoms with E-state index in [4.69, 9.17) is 4.74 Å². The van der Waals surface area contributed by atoms with Crippen LogP contribution in [0.5, 0.6) is 0 Å². The van der Waals surface area contributed by atoms with Crippen molar-refractivity contribution in [3.63, 3.8) is 0 Å². The summed E-state index contributed by atoms with van der Waals surface area (Å²) in [6.07, 6.45) is 1.69. The van der Waals surface area contributed by atoms with Gasteiger partial charge in [-0.25, -0.2) is 14.6 Å². The fourth-order valence-electron chi connectivity index (χ4n) is 3.80. The largest absolute Gasteiger partial charge is 0.454 e. The van der Waals surface area contributed by atoms with Crippen LogP contribution in [-0.2, 0) is 24.4 Å². The molecular formula is C23H31N5O4. The lowest BCUT2D eigenvalue weighted by Crippen LogP contribution is -2.31. The molecule has 3 rings (SSSR count). The second kappa shape index (κ2) is 10.3. The highest BCUT2D eigenvalue weighted by Crippen LogP contribution is 2.17. The number of carbonyl (C=O) groups is 1. The van der Waals surface area contributed by atoms with E-state index < -0.39 is 17.2 Å². The summed E-state index contributed by atoms with van der Waals surface area (Å²) in [4.78, 5) is 46.4. The molecule has 0 radical (unpaired) electrons. The van der Waals surface area contributed by atoms with E-state index in [2.05, 4.69) is 28.7 Å². The van der Waals surface area contributed by atoms with Gasteiger partial charge >= 0.3 is 11.7 Å².